The largest absolute Gasteiger partial charge is 0.481 e. The zero-order valence-electron chi connectivity index (χ0n) is 9.55. The van der Waals surface area contributed by atoms with Gasteiger partial charge in [0.2, 0.25) is 0 Å². The van der Waals surface area contributed by atoms with Crippen molar-refractivity contribution in [3.05, 3.63) is 11.6 Å². The molecule has 2 nitrogen and oxygen atoms in total. The van der Waals surface area contributed by atoms with Crippen LogP contribution >= 0.6 is 0 Å². The molecule has 0 amide bonds. The van der Waals surface area contributed by atoms with Gasteiger partial charge in [-0.1, -0.05) is 32.4 Å². The van der Waals surface area contributed by atoms with Crippen molar-refractivity contribution >= 4 is 5.97 Å². The van der Waals surface area contributed by atoms with Crippen LogP contribution in [0.2, 0.25) is 0 Å². The number of carbonyl (C=O) groups is 1. The molecule has 1 N–H and O–H groups in total. The lowest BCUT2D eigenvalue weighted by molar-refractivity contribution is -0.148. The number of carboxylic acid groups (broad SMARTS) is 1. The molecule has 0 aromatic carbocycles. The molecule has 0 aromatic heterocycles. The minimum Gasteiger partial charge on any atom is -0.481 e. The number of aliphatic carboxylic acids is 1. The molecule has 1 aliphatic rings. The van der Waals surface area contributed by atoms with Gasteiger partial charge in [-0.25, -0.2) is 0 Å². The highest BCUT2D eigenvalue weighted by molar-refractivity contribution is 5.74. The van der Waals surface area contributed by atoms with Crippen molar-refractivity contribution in [3.63, 3.8) is 0 Å². The molecule has 0 saturated carbocycles. The molecule has 14 heavy (non-hydrogen) atoms. The Labute approximate surface area is 86.0 Å². The highest BCUT2D eigenvalue weighted by atomic mass is 16.4. The molecule has 80 valence electrons. The van der Waals surface area contributed by atoms with Crippen LogP contribution in [0, 0.1) is 10.8 Å². The molecule has 0 fully saturated rings. The van der Waals surface area contributed by atoms with Crippen LogP contribution in [-0.2, 0) is 4.79 Å². The fourth-order valence-electron chi connectivity index (χ4n) is 1.90. The highest BCUT2D eigenvalue weighted by Crippen LogP contribution is 2.42. The van der Waals surface area contributed by atoms with E-state index in [2.05, 4.69) is 26.8 Å². The van der Waals surface area contributed by atoms with Crippen LogP contribution in [0.3, 0.4) is 0 Å². The molecular formula is C12H20O2. The Hall–Kier alpha value is -0.790. The molecule has 0 bridgehead atoms. The summed E-state index contributed by atoms with van der Waals surface area (Å²) in [5.41, 5.74) is 0.850. The van der Waals surface area contributed by atoms with Crippen molar-refractivity contribution in [2.75, 3.05) is 0 Å². The Balaban J connectivity index is 2.87. The Kier molecular flexibility index (Phi) is 2.75. The van der Waals surface area contributed by atoms with E-state index in [0.717, 1.165) is 12.8 Å². The van der Waals surface area contributed by atoms with Crippen LogP contribution in [-0.4, -0.2) is 11.1 Å². The molecule has 1 unspecified atom stereocenters. The molecular weight excluding hydrogens is 176 g/mol. The van der Waals surface area contributed by atoms with E-state index in [1.165, 1.54) is 5.57 Å². The van der Waals surface area contributed by atoms with Crippen molar-refractivity contribution in [1.82, 2.24) is 0 Å². The molecule has 0 spiro atoms. The van der Waals surface area contributed by atoms with Gasteiger partial charge in [-0.15, -0.1) is 0 Å². The van der Waals surface area contributed by atoms with Crippen LogP contribution in [0.15, 0.2) is 11.6 Å². The predicted octanol–water partition coefficient (Wildman–Crippen LogP) is 3.23. The first-order valence-corrected chi connectivity index (χ1v) is 5.19. The van der Waals surface area contributed by atoms with Crippen LogP contribution in [0.1, 0.15) is 47.0 Å². The summed E-state index contributed by atoms with van der Waals surface area (Å²) in [5.74, 6) is -0.660. The average molecular weight is 196 g/mol. The molecule has 0 heterocycles. The maximum Gasteiger partial charge on any atom is 0.309 e. The topological polar surface area (TPSA) is 37.3 Å². The van der Waals surface area contributed by atoms with Gasteiger partial charge < -0.3 is 5.11 Å². The third-order valence-corrected chi connectivity index (χ3v) is 3.15. The van der Waals surface area contributed by atoms with Gasteiger partial charge in [-0.2, -0.15) is 0 Å². The summed E-state index contributed by atoms with van der Waals surface area (Å²) in [4.78, 5) is 11.1. The van der Waals surface area contributed by atoms with E-state index in [1.54, 1.807) is 0 Å². The molecule has 2 heteroatoms. The number of hydrogen-bond donors (Lipinski definition) is 1. The van der Waals surface area contributed by atoms with E-state index < -0.39 is 11.4 Å². The summed E-state index contributed by atoms with van der Waals surface area (Å²) in [6, 6.07) is 0. The van der Waals surface area contributed by atoms with Gasteiger partial charge in [0, 0.05) is 0 Å². The van der Waals surface area contributed by atoms with Gasteiger partial charge in [0.05, 0.1) is 5.41 Å². The second-order valence-electron chi connectivity index (χ2n) is 5.56. The monoisotopic (exact) mass is 196 g/mol. The molecule has 1 rings (SSSR count). The van der Waals surface area contributed by atoms with Gasteiger partial charge in [0.15, 0.2) is 0 Å². The lowest BCUT2D eigenvalue weighted by atomic mass is 9.69. The fourth-order valence-corrected chi connectivity index (χ4v) is 1.90. The second-order valence-corrected chi connectivity index (χ2v) is 5.56. The third-order valence-electron chi connectivity index (χ3n) is 3.15. The highest BCUT2D eigenvalue weighted by Gasteiger charge is 2.37. The van der Waals surface area contributed by atoms with Crippen molar-refractivity contribution in [3.8, 4) is 0 Å². The number of rotatable bonds is 1. The average Bonchev–Trinajstić information content (AvgIpc) is 2.02. The maximum atomic E-state index is 11.1. The number of allylic oxidation sites excluding steroid dienone is 2. The van der Waals surface area contributed by atoms with Crippen molar-refractivity contribution in [2.45, 2.75) is 47.0 Å². The van der Waals surface area contributed by atoms with Gasteiger partial charge in [-0.05, 0) is 31.6 Å². The van der Waals surface area contributed by atoms with Gasteiger partial charge in [0.1, 0.15) is 0 Å². The Bertz CT molecular complexity index is 271. The van der Waals surface area contributed by atoms with Gasteiger partial charge in [0.25, 0.3) is 0 Å². The van der Waals surface area contributed by atoms with Crippen LogP contribution in [0.25, 0.3) is 0 Å². The number of carboxylic acids is 1. The zero-order chi connectivity index (χ0) is 11.0. The van der Waals surface area contributed by atoms with E-state index in [4.69, 9.17) is 5.11 Å². The first kappa shape index (κ1) is 11.3. The Morgan fingerprint density at radius 3 is 2.50 bits per heavy atom. The van der Waals surface area contributed by atoms with Crippen LogP contribution in [0.4, 0.5) is 0 Å². The number of hydrogen-bond acceptors (Lipinski definition) is 1. The lowest BCUT2D eigenvalue weighted by Crippen LogP contribution is -2.32. The zero-order valence-corrected chi connectivity index (χ0v) is 9.55. The van der Waals surface area contributed by atoms with Gasteiger partial charge in [-0.3, -0.25) is 4.79 Å². The first-order valence-electron chi connectivity index (χ1n) is 5.19. The summed E-state index contributed by atoms with van der Waals surface area (Å²) in [6.07, 6.45) is 4.58. The molecule has 0 aromatic rings. The molecule has 1 aliphatic carbocycles. The fraction of sp³-hybridized carbons (Fsp3) is 0.750. The minimum absolute atomic E-state index is 0.108. The molecule has 0 saturated heterocycles. The summed E-state index contributed by atoms with van der Waals surface area (Å²) in [6.45, 7) is 8.29. The van der Waals surface area contributed by atoms with Crippen molar-refractivity contribution in [2.24, 2.45) is 10.8 Å². The SMILES string of the molecule is CC(C)(C)C1=CCCC(C)(C(=O)O)C1. The summed E-state index contributed by atoms with van der Waals surface area (Å²) in [7, 11) is 0. The second kappa shape index (κ2) is 3.41. The van der Waals surface area contributed by atoms with E-state index in [9.17, 15) is 4.79 Å². The maximum absolute atomic E-state index is 11.1. The normalized spacial score (nSPS) is 28.4. The van der Waals surface area contributed by atoms with Crippen LogP contribution < -0.4 is 0 Å². The molecule has 0 radical (unpaired) electrons. The predicted molar refractivity (Wildman–Crippen MR) is 57.1 cm³/mol. The summed E-state index contributed by atoms with van der Waals surface area (Å²) >= 11 is 0. The van der Waals surface area contributed by atoms with Crippen molar-refractivity contribution in [1.29, 1.82) is 0 Å². The lowest BCUT2D eigenvalue weighted by Gasteiger charge is -2.35. The Morgan fingerprint density at radius 1 is 1.50 bits per heavy atom. The summed E-state index contributed by atoms with van der Waals surface area (Å²) in [5, 5.41) is 9.15. The summed E-state index contributed by atoms with van der Waals surface area (Å²) < 4.78 is 0. The van der Waals surface area contributed by atoms with Crippen molar-refractivity contribution < 1.29 is 9.90 Å². The third kappa shape index (κ3) is 2.17. The van der Waals surface area contributed by atoms with E-state index in [0.29, 0.717) is 6.42 Å². The smallest absolute Gasteiger partial charge is 0.309 e. The van der Waals surface area contributed by atoms with Gasteiger partial charge >= 0.3 is 5.97 Å². The van der Waals surface area contributed by atoms with E-state index in [1.807, 2.05) is 6.92 Å². The van der Waals surface area contributed by atoms with E-state index in [-0.39, 0.29) is 5.41 Å². The quantitative estimate of drug-likeness (QED) is 0.654. The standard InChI is InChI=1S/C12H20O2/c1-11(2,3)9-6-5-7-12(4,8-9)10(13)14/h6H,5,7-8H2,1-4H3,(H,13,14). The minimum atomic E-state index is -0.660. The molecule has 0 aliphatic heterocycles. The molecule has 1 atom stereocenters. The van der Waals surface area contributed by atoms with Crippen LogP contribution in [0.5, 0.6) is 0 Å². The first-order chi connectivity index (χ1) is 6.26. The van der Waals surface area contributed by atoms with E-state index >= 15 is 0 Å². The Morgan fingerprint density at radius 2 is 2.07 bits per heavy atom.